The van der Waals surface area contributed by atoms with Gasteiger partial charge in [-0.2, -0.15) is 10.2 Å². The summed E-state index contributed by atoms with van der Waals surface area (Å²) in [5.41, 5.74) is 5.94. The van der Waals surface area contributed by atoms with Crippen molar-refractivity contribution < 1.29 is 19.0 Å². The van der Waals surface area contributed by atoms with E-state index in [-0.39, 0.29) is 5.69 Å². The number of hydrazone groups is 1. The number of rotatable bonds is 9. The van der Waals surface area contributed by atoms with Crippen LogP contribution < -0.4 is 19.6 Å². The van der Waals surface area contributed by atoms with Gasteiger partial charge >= 0.3 is 0 Å². The third-order valence-electron chi connectivity index (χ3n) is 5.01. The summed E-state index contributed by atoms with van der Waals surface area (Å²) < 4.78 is 16.4. The zero-order chi connectivity index (χ0) is 23.8. The molecule has 0 radical (unpaired) electrons. The van der Waals surface area contributed by atoms with E-state index >= 15 is 0 Å². The second-order valence-corrected chi connectivity index (χ2v) is 7.28. The summed E-state index contributed by atoms with van der Waals surface area (Å²) in [6.45, 7) is 0.498. The minimum absolute atomic E-state index is 0.265. The van der Waals surface area contributed by atoms with Crippen molar-refractivity contribution in [3.05, 3.63) is 95.7 Å². The van der Waals surface area contributed by atoms with Crippen LogP contribution in [-0.2, 0) is 6.61 Å². The number of nitrogens with one attached hydrogen (secondary N) is 2. The van der Waals surface area contributed by atoms with Crippen LogP contribution in [0.5, 0.6) is 17.2 Å². The summed E-state index contributed by atoms with van der Waals surface area (Å²) in [4.78, 5) is 12.5. The molecule has 0 unspecified atom stereocenters. The first-order chi connectivity index (χ1) is 16.7. The highest BCUT2D eigenvalue weighted by Crippen LogP contribution is 2.32. The molecule has 0 spiro atoms. The Morgan fingerprint density at radius 1 is 0.971 bits per heavy atom. The quantitative estimate of drug-likeness (QED) is 0.287. The highest BCUT2D eigenvalue weighted by molar-refractivity contribution is 5.94. The second-order valence-electron chi connectivity index (χ2n) is 7.28. The minimum Gasteiger partial charge on any atom is -0.497 e. The molecule has 8 nitrogen and oxygen atoms in total. The lowest BCUT2D eigenvalue weighted by atomic mass is 10.1. The van der Waals surface area contributed by atoms with Crippen molar-refractivity contribution in [1.82, 2.24) is 15.6 Å². The van der Waals surface area contributed by atoms with Crippen LogP contribution in [0.25, 0.3) is 11.3 Å². The van der Waals surface area contributed by atoms with Crippen molar-refractivity contribution in [2.24, 2.45) is 5.10 Å². The average Bonchev–Trinajstić information content (AvgIpc) is 3.39. The summed E-state index contributed by atoms with van der Waals surface area (Å²) in [6.07, 6.45) is 1.56. The molecule has 1 amide bonds. The first kappa shape index (κ1) is 22.6. The van der Waals surface area contributed by atoms with Gasteiger partial charge in [-0.3, -0.25) is 9.89 Å². The fraction of sp³-hybridized carbons (Fsp3) is 0.115. The van der Waals surface area contributed by atoms with Gasteiger partial charge in [0.2, 0.25) is 0 Å². The molecule has 0 saturated heterocycles. The van der Waals surface area contributed by atoms with E-state index in [0.29, 0.717) is 29.4 Å². The number of aromatic amines is 1. The number of aromatic nitrogens is 2. The number of nitrogens with zero attached hydrogens (tertiary/aromatic N) is 2. The normalized spacial score (nSPS) is 10.8. The number of hydrogen-bond donors (Lipinski definition) is 2. The smallest absolute Gasteiger partial charge is 0.289 e. The third kappa shape index (κ3) is 5.60. The average molecular weight is 457 g/mol. The van der Waals surface area contributed by atoms with E-state index in [0.717, 1.165) is 16.9 Å². The first-order valence-corrected chi connectivity index (χ1v) is 10.5. The Hall–Kier alpha value is -4.59. The molecule has 4 aromatic rings. The first-order valence-electron chi connectivity index (χ1n) is 10.5. The van der Waals surface area contributed by atoms with E-state index in [9.17, 15) is 4.79 Å². The van der Waals surface area contributed by atoms with Crippen molar-refractivity contribution in [2.45, 2.75) is 6.61 Å². The van der Waals surface area contributed by atoms with Gasteiger partial charge < -0.3 is 14.2 Å². The molecule has 0 aliphatic carbocycles. The van der Waals surface area contributed by atoms with Gasteiger partial charge in [0.1, 0.15) is 29.5 Å². The Bertz CT molecular complexity index is 1270. The van der Waals surface area contributed by atoms with Crippen LogP contribution in [0.15, 0.2) is 84.0 Å². The Morgan fingerprint density at radius 3 is 2.47 bits per heavy atom. The maximum Gasteiger partial charge on any atom is 0.289 e. The highest BCUT2D eigenvalue weighted by Gasteiger charge is 2.14. The summed E-state index contributed by atoms with van der Waals surface area (Å²) in [7, 11) is 3.15. The Labute approximate surface area is 197 Å². The van der Waals surface area contributed by atoms with E-state index in [1.807, 2.05) is 54.6 Å². The van der Waals surface area contributed by atoms with E-state index in [1.165, 1.54) is 0 Å². The van der Waals surface area contributed by atoms with Crippen LogP contribution in [0.2, 0.25) is 0 Å². The van der Waals surface area contributed by atoms with Crippen LogP contribution in [0.3, 0.4) is 0 Å². The molecule has 1 heterocycles. The van der Waals surface area contributed by atoms with E-state index in [2.05, 4.69) is 20.7 Å². The minimum atomic E-state index is -0.417. The fourth-order valence-corrected chi connectivity index (χ4v) is 3.21. The zero-order valence-electron chi connectivity index (χ0n) is 18.8. The lowest BCUT2D eigenvalue weighted by molar-refractivity contribution is 0.0950. The molecule has 172 valence electrons. The third-order valence-corrected chi connectivity index (χ3v) is 5.01. The van der Waals surface area contributed by atoms with Crippen molar-refractivity contribution in [3.63, 3.8) is 0 Å². The maximum atomic E-state index is 12.5. The van der Waals surface area contributed by atoms with Gasteiger partial charge in [0.05, 0.1) is 26.1 Å². The molecule has 0 atom stereocenters. The Kier molecular flexibility index (Phi) is 7.19. The maximum absolute atomic E-state index is 12.5. The van der Waals surface area contributed by atoms with Crippen molar-refractivity contribution >= 4 is 12.1 Å². The predicted molar refractivity (Wildman–Crippen MR) is 129 cm³/mol. The molecule has 3 aromatic carbocycles. The van der Waals surface area contributed by atoms with Crippen LogP contribution in [0.4, 0.5) is 0 Å². The largest absolute Gasteiger partial charge is 0.497 e. The number of H-pyrrole nitrogens is 1. The number of carbonyl (C=O) groups excluding carboxylic acids is 1. The van der Waals surface area contributed by atoms with Crippen LogP contribution in [0.1, 0.15) is 21.6 Å². The summed E-state index contributed by atoms with van der Waals surface area (Å²) >= 11 is 0. The molecule has 0 aliphatic heterocycles. The molecule has 4 rings (SSSR count). The number of ether oxygens (including phenoxy) is 3. The lowest BCUT2D eigenvalue weighted by Crippen LogP contribution is -2.17. The van der Waals surface area contributed by atoms with Crippen molar-refractivity contribution in [2.75, 3.05) is 14.2 Å². The highest BCUT2D eigenvalue weighted by atomic mass is 16.5. The number of hydrogen-bond acceptors (Lipinski definition) is 6. The monoisotopic (exact) mass is 456 g/mol. The lowest BCUT2D eigenvalue weighted by Gasteiger charge is -2.08. The Morgan fingerprint density at radius 2 is 1.74 bits per heavy atom. The van der Waals surface area contributed by atoms with E-state index < -0.39 is 5.91 Å². The van der Waals surface area contributed by atoms with Gasteiger partial charge in [-0.25, -0.2) is 5.43 Å². The number of amides is 1. The topological polar surface area (TPSA) is 97.8 Å². The van der Waals surface area contributed by atoms with Crippen LogP contribution in [0, 0.1) is 0 Å². The molecule has 34 heavy (non-hydrogen) atoms. The van der Waals surface area contributed by atoms with E-state index in [1.54, 1.807) is 44.7 Å². The van der Waals surface area contributed by atoms with Gasteiger partial charge in [-0.1, -0.05) is 30.3 Å². The molecular formula is C26H24N4O4. The fourth-order valence-electron chi connectivity index (χ4n) is 3.21. The summed E-state index contributed by atoms with van der Waals surface area (Å²) in [6, 6.07) is 24.4. The van der Waals surface area contributed by atoms with Gasteiger partial charge in [0.15, 0.2) is 0 Å². The molecule has 8 heteroatoms. The zero-order valence-corrected chi connectivity index (χ0v) is 18.8. The summed E-state index contributed by atoms with van der Waals surface area (Å²) in [5.74, 6) is 1.61. The van der Waals surface area contributed by atoms with Gasteiger partial charge in [0, 0.05) is 5.56 Å². The number of benzene rings is 3. The van der Waals surface area contributed by atoms with Gasteiger partial charge in [0.25, 0.3) is 5.91 Å². The SMILES string of the molecule is COc1ccc(OC)c(-c2cc(C(=O)NN=Cc3ccc(OCc4ccccc4)cc3)[nH]n2)c1. The second kappa shape index (κ2) is 10.8. The molecule has 1 aromatic heterocycles. The number of methoxy groups -OCH3 is 2. The molecule has 0 fully saturated rings. The Balaban J connectivity index is 1.34. The van der Waals surface area contributed by atoms with Crippen LogP contribution in [-0.4, -0.2) is 36.5 Å². The molecule has 0 aliphatic rings. The van der Waals surface area contributed by atoms with Gasteiger partial charge in [-0.15, -0.1) is 0 Å². The predicted octanol–water partition coefficient (Wildman–Crippen LogP) is 4.44. The molecular weight excluding hydrogens is 432 g/mol. The molecule has 2 N–H and O–H groups in total. The van der Waals surface area contributed by atoms with Crippen molar-refractivity contribution in [1.29, 1.82) is 0 Å². The summed E-state index contributed by atoms with van der Waals surface area (Å²) in [5, 5.41) is 11.0. The van der Waals surface area contributed by atoms with Crippen LogP contribution >= 0.6 is 0 Å². The standard InChI is InChI=1S/C26H24N4O4/c1-32-21-12-13-25(33-2)22(14-21)23-15-24(29-28-23)26(31)30-27-16-18-8-10-20(11-9-18)34-17-19-6-4-3-5-7-19/h3-16H,17H2,1-2H3,(H,28,29)(H,30,31). The number of carbonyl (C=O) groups is 1. The molecule has 0 saturated carbocycles. The molecule has 0 bridgehead atoms. The van der Waals surface area contributed by atoms with Crippen molar-refractivity contribution in [3.8, 4) is 28.5 Å². The van der Waals surface area contributed by atoms with E-state index in [4.69, 9.17) is 14.2 Å². The van der Waals surface area contributed by atoms with Gasteiger partial charge in [-0.05, 0) is 59.7 Å².